The van der Waals surface area contributed by atoms with Gasteiger partial charge in [-0.05, 0) is 51.5 Å². The molecule has 1 heterocycles. The first-order chi connectivity index (χ1) is 11.8. The molecule has 0 radical (unpaired) electrons. The standard InChI is InChI=1S/C18H34N4O2.HI/c1-4-19-18(20-11-8-13-22(5-2)6-3)21-12-9-14-23-16-17-10-7-15-24-17;/h7,10,15H,4-6,8-9,11-14,16H2,1-3H3,(H2,19,20,21);1H. The number of hydrogen-bond donors (Lipinski definition) is 2. The van der Waals surface area contributed by atoms with Crippen LogP contribution in [0, 0.1) is 0 Å². The van der Waals surface area contributed by atoms with E-state index in [1.807, 2.05) is 12.1 Å². The highest BCUT2D eigenvalue weighted by atomic mass is 127. The molecule has 2 N–H and O–H groups in total. The minimum Gasteiger partial charge on any atom is -0.467 e. The second kappa shape index (κ2) is 16.7. The van der Waals surface area contributed by atoms with Crippen LogP contribution in [-0.2, 0) is 11.3 Å². The summed E-state index contributed by atoms with van der Waals surface area (Å²) in [7, 11) is 0. The van der Waals surface area contributed by atoms with Crippen molar-refractivity contribution in [2.24, 2.45) is 4.99 Å². The molecular formula is C18H35IN4O2. The van der Waals surface area contributed by atoms with Gasteiger partial charge in [0.1, 0.15) is 12.4 Å². The van der Waals surface area contributed by atoms with Gasteiger partial charge in [-0.15, -0.1) is 24.0 Å². The molecule has 6 nitrogen and oxygen atoms in total. The van der Waals surface area contributed by atoms with Crippen LogP contribution in [0.1, 0.15) is 39.4 Å². The van der Waals surface area contributed by atoms with Crippen molar-refractivity contribution in [1.82, 2.24) is 15.5 Å². The van der Waals surface area contributed by atoms with Gasteiger partial charge in [0.25, 0.3) is 0 Å². The number of guanidine groups is 1. The van der Waals surface area contributed by atoms with Crippen LogP contribution in [0.15, 0.2) is 27.8 Å². The van der Waals surface area contributed by atoms with Crippen LogP contribution in [-0.4, -0.2) is 56.7 Å². The molecule has 0 fully saturated rings. The number of hydrogen-bond acceptors (Lipinski definition) is 4. The van der Waals surface area contributed by atoms with Crippen LogP contribution in [0.4, 0.5) is 0 Å². The zero-order valence-electron chi connectivity index (χ0n) is 15.9. The molecule has 7 heteroatoms. The summed E-state index contributed by atoms with van der Waals surface area (Å²) < 4.78 is 10.8. The van der Waals surface area contributed by atoms with Crippen LogP contribution in [0.25, 0.3) is 0 Å². The fraction of sp³-hybridized carbons (Fsp3) is 0.722. The van der Waals surface area contributed by atoms with Crippen molar-refractivity contribution < 1.29 is 9.15 Å². The number of halogens is 1. The number of aliphatic imine (C=N–C) groups is 1. The maximum Gasteiger partial charge on any atom is 0.191 e. The van der Waals surface area contributed by atoms with Crippen molar-refractivity contribution in [2.75, 3.05) is 45.9 Å². The highest BCUT2D eigenvalue weighted by molar-refractivity contribution is 14.0. The number of nitrogens with one attached hydrogen (secondary N) is 2. The maximum atomic E-state index is 5.56. The average molecular weight is 466 g/mol. The first-order valence-electron chi connectivity index (χ1n) is 9.14. The van der Waals surface area contributed by atoms with Gasteiger partial charge in [0, 0.05) is 26.2 Å². The fourth-order valence-electron chi connectivity index (χ4n) is 2.32. The van der Waals surface area contributed by atoms with Gasteiger partial charge in [-0.3, -0.25) is 4.99 Å². The van der Waals surface area contributed by atoms with Crippen molar-refractivity contribution in [2.45, 2.75) is 40.2 Å². The van der Waals surface area contributed by atoms with Gasteiger partial charge in [-0.25, -0.2) is 0 Å². The molecule has 0 bridgehead atoms. The molecule has 0 spiro atoms. The predicted molar refractivity (Wildman–Crippen MR) is 115 cm³/mol. The van der Waals surface area contributed by atoms with E-state index in [1.165, 1.54) is 0 Å². The Kier molecular flexibility index (Phi) is 16.1. The van der Waals surface area contributed by atoms with E-state index in [-0.39, 0.29) is 24.0 Å². The van der Waals surface area contributed by atoms with Crippen molar-refractivity contribution >= 4 is 29.9 Å². The summed E-state index contributed by atoms with van der Waals surface area (Å²) in [6, 6.07) is 3.79. The smallest absolute Gasteiger partial charge is 0.191 e. The van der Waals surface area contributed by atoms with Crippen LogP contribution in [0.5, 0.6) is 0 Å². The van der Waals surface area contributed by atoms with E-state index in [1.54, 1.807) is 6.26 Å². The number of rotatable bonds is 13. The molecule has 0 amide bonds. The zero-order chi connectivity index (χ0) is 17.5. The van der Waals surface area contributed by atoms with Crippen molar-refractivity contribution in [3.05, 3.63) is 24.2 Å². The monoisotopic (exact) mass is 466 g/mol. The van der Waals surface area contributed by atoms with Gasteiger partial charge in [0.15, 0.2) is 5.96 Å². The molecule has 1 aromatic rings. The Morgan fingerprint density at radius 2 is 2.00 bits per heavy atom. The van der Waals surface area contributed by atoms with Gasteiger partial charge < -0.3 is 24.7 Å². The molecule has 0 saturated heterocycles. The highest BCUT2D eigenvalue weighted by Crippen LogP contribution is 2.01. The molecule has 1 rings (SSSR count). The second-order valence-corrected chi connectivity index (χ2v) is 5.55. The summed E-state index contributed by atoms with van der Waals surface area (Å²) in [4.78, 5) is 7.02. The molecule has 0 atom stereocenters. The van der Waals surface area contributed by atoms with E-state index in [0.29, 0.717) is 13.2 Å². The highest BCUT2D eigenvalue weighted by Gasteiger charge is 2.00. The Balaban J connectivity index is 0.00000576. The van der Waals surface area contributed by atoms with Gasteiger partial charge >= 0.3 is 0 Å². The Hall–Kier alpha value is -0.800. The van der Waals surface area contributed by atoms with E-state index in [4.69, 9.17) is 9.15 Å². The topological polar surface area (TPSA) is 62.0 Å². The summed E-state index contributed by atoms with van der Waals surface area (Å²) in [5, 5.41) is 6.68. The van der Waals surface area contributed by atoms with Crippen LogP contribution in [0.3, 0.4) is 0 Å². The first kappa shape index (κ1) is 24.2. The van der Waals surface area contributed by atoms with Crippen molar-refractivity contribution in [3.63, 3.8) is 0 Å². The molecule has 1 aromatic heterocycles. The molecule has 0 unspecified atom stereocenters. The third kappa shape index (κ3) is 12.2. The lowest BCUT2D eigenvalue weighted by atomic mass is 10.3. The van der Waals surface area contributed by atoms with Gasteiger partial charge in [-0.1, -0.05) is 13.8 Å². The Bertz CT molecular complexity index is 423. The third-order valence-electron chi connectivity index (χ3n) is 3.72. The summed E-state index contributed by atoms with van der Waals surface area (Å²) in [6.45, 7) is 13.6. The van der Waals surface area contributed by atoms with Gasteiger partial charge in [0.2, 0.25) is 0 Å². The molecular weight excluding hydrogens is 431 g/mol. The molecule has 0 aliphatic carbocycles. The maximum absolute atomic E-state index is 5.56. The normalized spacial score (nSPS) is 11.4. The average Bonchev–Trinajstić information content (AvgIpc) is 3.11. The van der Waals surface area contributed by atoms with Crippen LogP contribution in [0.2, 0.25) is 0 Å². The predicted octanol–water partition coefficient (Wildman–Crippen LogP) is 3.09. The van der Waals surface area contributed by atoms with Crippen molar-refractivity contribution in [1.29, 1.82) is 0 Å². The molecule has 146 valence electrons. The summed E-state index contributed by atoms with van der Waals surface area (Å²) in [5.74, 6) is 1.75. The number of nitrogens with zero attached hydrogens (tertiary/aromatic N) is 2. The van der Waals surface area contributed by atoms with E-state index >= 15 is 0 Å². The lowest BCUT2D eigenvalue weighted by Crippen LogP contribution is -2.39. The zero-order valence-corrected chi connectivity index (χ0v) is 18.3. The van der Waals surface area contributed by atoms with E-state index in [9.17, 15) is 0 Å². The summed E-state index contributed by atoms with van der Waals surface area (Å²) in [5.41, 5.74) is 0. The van der Waals surface area contributed by atoms with E-state index < -0.39 is 0 Å². The SMILES string of the molecule is CCNC(=NCCCOCc1ccco1)NCCCN(CC)CC.I. The number of furan rings is 1. The lowest BCUT2D eigenvalue weighted by Gasteiger charge is -2.18. The second-order valence-electron chi connectivity index (χ2n) is 5.55. The Morgan fingerprint density at radius 1 is 1.20 bits per heavy atom. The minimum absolute atomic E-state index is 0. The van der Waals surface area contributed by atoms with Gasteiger partial charge in [0.05, 0.1) is 6.26 Å². The fourth-order valence-corrected chi connectivity index (χ4v) is 2.32. The van der Waals surface area contributed by atoms with E-state index in [0.717, 1.165) is 63.8 Å². The van der Waals surface area contributed by atoms with Crippen LogP contribution >= 0.6 is 24.0 Å². The van der Waals surface area contributed by atoms with E-state index in [2.05, 4.69) is 41.3 Å². The van der Waals surface area contributed by atoms with Gasteiger partial charge in [-0.2, -0.15) is 0 Å². The summed E-state index contributed by atoms with van der Waals surface area (Å²) >= 11 is 0. The summed E-state index contributed by atoms with van der Waals surface area (Å²) in [6.07, 6.45) is 3.69. The van der Waals surface area contributed by atoms with Crippen LogP contribution < -0.4 is 10.6 Å². The molecule has 0 aliphatic rings. The Morgan fingerprint density at radius 3 is 2.64 bits per heavy atom. The third-order valence-corrected chi connectivity index (χ3v) is 3.72. The van der Waals surface area contributed by atoms with Crippen molar-refractivity contribution in [3.8, 4) is 0 Å². The molecule has 0 aromatic carbocycles. The lowest BCUT2D eigenvalue weighted by molar-refractivity contribution is 0.105. The number of ether oxygens (including phenoxy) is 1. The minimum atomic E-state index is 0. The molecule has 0 aliphatic heterocycles. The molecule has 25 heavy (non-hydrogen) atoms. The Labute approximate surface area is 169 Å². The quantitative estimate of drug-likeness (QED) is 0.203. The largest absolute Gasteiger partial charge is 0.467 e. The molecule has 0 saturated carbocycles. The first-order valence-corrected chi connectivity index (χ1v) is 9.14.